The van der Waals surface area contributed by atoms with Gasteiger partial charge >= 0.3 is 0 Å². The Morgan fingerprint density at radius 1 is 1.09 bits per heavy atom. The van der Waals surface area contributed by atoms with Gasteiger partial charge in [-0.2, -0.15) is 4.98 Å². The second-order valence-corrected chi connectivity index (χ2v) is 8.13. The molecule has 12 heteroatoms. The number of aromatic nitrogens is 6. The first-order valence-electron chi connectivity index (χ1n) is 10.7. The SMILES string of the molecule is Cc1noc([C@H](C)Nc2nccc(-c3cccc(-c4cc([C@]5(O)CCN(C)C5=O)on4)n3)n2)n1. The van der Waals surface area contributed by atoms with Gasteiger partial charge in [-0.25, -0.2) is 15.0 Å². The maximum Gasteiger partial charge on any atom is 0.262 e. The van der Waals surface area contributed by atoms with Crippen molar-refractivity contribution in [3.05, 3.63) is 54.0 Å². The van der Waals surface area contributed by atoms with Crippen LogP contribution < -0.4 is 5.32 Å². The van der Waals surface area contributed by atoms with Gasteiger partial charge in [-0.05, 0) is 32.0 Å². The van der Waals surface area contributed by atoms with E-state index >= 15 is 0 Å². The molecule has 0 aliphatic carbocycles. The van der Waals surface area contributed by atoms with Gasteiger partial charge in [0.15, 0.2) is 11.6 Å². The average Bonchev–Trinajstić information content (AvgIpc) is 3.57. The molecule has 1 amide bonds. The molecule has 0 aromatic carbocycles. The number of carbonyl (C=O) groups is 1. The number of rotatable bonds is 6. The molecule has 1 aliphatic heterocycles. The lowest BCUT2D eigenvalue weighted by Gasteiger charge is -2.16. The molecule has 1 saturated heterocycles. The van der Waals surface area contributed by atoms with Gasteiger partial charge in [0.1, 0.15) is 11.7 Å². The lowest BCUT2D eigenvalue weighted by molar-refractivity contribution is -0.144. The fourth-order valence-electron chi connectivity index (χ4n) is 3.71. The van der Waals surface area contributed by atoms with Crippen molar-refractivity contribution in [1.82, 2.24) is 35.1 Å². The van der Waals surface area contributed by atoms with E-state index in [2.05, 4.69) is 35.6 Å². The van der Waals surface area contributed by atoms with Crippen molar-refractivity contribution in [1.29, 1.82) is 0 Å². The molecule has 1 fully saturated rings. The summed E-state index contributed by atoms with van der Waals surface area (Å²) in [6.45, 7) is 4.05. The quantitative estimate of drug-likeness (QED) is 0.432. The van der Waals surface area contributed by atoms with Crippen LogP contribution in [0.25, 0.3) is 22.8 Å². The van der Waals surface area contributed by atoms with Crippen molar-refractivity contribution in [2.75, 3.05) is 18.9 Å². The number of likely N-dealkylation sites (tertiary alicyclic amines) is 1. The molecule has 4 aromatic heterocycles. The summed E-state index contributed by atoms with van der Waals surface area (Å²) in [5, 5.41) is 21.8. The van der Waals surface area contributed by atoms with Gasteiger partial charge in [-0.3, -0.25) is 4.79 Å². The smallest absolute Gasteiger partial charge is 0.262 e. The Hall–Kier alpha value is -4.19. The standard InChI is InChI=1S/C22H22N8O4/c1-12(19-25-13(2)28-34-19)24-21-23-9-7-16(27-21)14-5-4-6-15(26-14)17-11-18(33-29-17)22(32)8-10-30(3)20(22)31/h4-7,9,11-12,32H,8,10H2,1-3H3,(H,23,24,27)/t12-,22+/m0/s1. The first kappa shape index (κ1) is 21.6. The highest BCUT2D eigenvalue weighted by molar-refractivity contribution is 5.87. The van der Waals surface area contributed by atoms with Crippen molar-refractivity contribution in [3.8, 4) is 22.8 Å². The highest BCUT2D eigenvalue weighted by Crippen LogP contribution is 2.34. The number of carbonyl (C=O) groups excluding carboxylic acids is 1. The molecule has 34 heavy (non-hydrogen) atoms. The highest BCUT2D eigenvalue weighted by Gasteiger charge is 2.48. The van der Waals surface area contributed by atoms with Crippen LogP contribution in [-0.2, 0) is 10.4 Å². The molecule has 5 rings (SSSR count). The number of hydrogen-bond acceptors (Lipinski definition) is 11. The lowest BCUT2D eigenvalue weighted by atomic mass is 9.98. The molecule has 0 saturated carbocycles. The zero-order chi connectivity index (χ0) is 23.9. The molecule has 0 unspecified atom stereocenters. The summed E-state index contributed by atoms with van der Waals surface area (Å²) in [4.78, 5) is 31.5. The first-order valence-corrected chi connectivity index (χ1v) is 10.7. The zero-order valence-electron chi connectivity index (χ0n) is 18.8. The summed E-state index contributed by atoms with van der Waals surface area (Å²) in [6, 6.07) is 8.39. The molecular formula is C22H22N8O4. The minimum Gasteiger partial charge on any atom is -0.373 e. The predicted molar refractivity (Wildman–Crippen MR) is 118 cm³/mol. The highest BCUT2D eigenvalue weighted by atomic mass is 16.5. The molecule has 12 nitrogen and oxygen atoms in total. The Bertz CT molecular complexity index is 1350. The Morgan fingerprint density at radius 2 is 1.85 bits per heavy atom. The Balaban J connectivity index is 1.38. The molecule has 0 spiro atoms. The minimum absolute atomic E-state index is 0.0998. The maximum atomic E-state index is 12.4. The number of amides is 1. The van der Waals surface area contributed by atoms with Crippen LogP contribution in [0, 0.1) is 6.92 Å². The van der Waals surface area contributed by atoms with E-state index in [4.69, 9.17) is 9.05 Å². The second-order valence-electron chi connectivity index (χ2n) is 8.13. The van der Waals surface area contributed by atoms with Crippen molar-refractivity contribution < 1.29 is 18.9 Å². The van der Waals surface area contributed by atoms with Crippen molar-refractivity contribution in [3.63, 3.8) is 0 Å². The van der Waals surface area contributed by atoms with Gasteiger partial charge in [0, 0.05) is 32.3 Å². The van der Waals surface area contributed by atoms with Gasteiger partial charge in [0.2, 0.25) is 17.4 Å². The van der Waals surface area contributed by atoms with Crippen LogP contribution in [0.1, 0.15) is 36.9 Å². The fourth-order valence-corrected chi connectivity index (χ4v) is 3.71. The van der Waals surface area contributed by atoms with Crippen LogP contribution in [0.15, 0.2) is 45.6 Å². The zero-order valence-corrected chi connectivity index (χ0v) is 18.8. The van der Waals surface area contributed by atoms with Crippen molar-refractivity contribution in [2.24, 2.45) is 0 Å². The molecule has 0 bridgehead atoms. The molecule has 2 atom stereocenters. The third kappa shape index (κ3) is 3.88. The van der Waals surface area contributed by atoms with E-state index in [9.17, 15) is 9.90 Å². The number of aryl methyl sites for hydroxylation is 1. The molecule has 4 aromatic rings. The van der Waals surface area contributed by atoms with Crippen LogP contribution in [0.2, 0.25) is 0 Å². The minimum atomic E-state index is -1.71. The summed E-state index contributed by atoms with van der Waals surface area (Å²) < 4.78 is 10.5. The van der Waals surface area contributed by atoms with Gasteiger partial charge in [0.05, 0.1) is 17.1 Å². The van der Waals surface area contributed by atoms with Gasteiger partial charge in [0.25, 0.3) is 5.91 Å². The average molecular weight is 462 g/mol. The van der Waals surface area contributed by atoms with Crippen LogP contribution in [0.3, 0.4) is 0 Å². The number of aliphatic hydroxyl groups is 1. The van der Waals surface area contributed by atoms with Crippen molar-refractivity contribution in [2.45, 2.75) is 31.9 Å². The molecule has 5 heterocycles. The number of pyridine rings is 1. The molecular weight excluding hydrogens is 440 g/mol. The molecule has 0 radical (unpaired) electrons. The summed E-state index contributed by atoms with van der Waals surface area (Å²) in [7, 11) is 1.64. The van der Waals surface area contributed by atoms with E-state index < -0.39 is 11.5 Å². The van der Waals surface area contributed by atoms with E-state index in [1.807, 2.05) is 19.1 Å². The van der Waals surface area contributed by atoms with Crippen molar-refractivity contribution >= 4 is 11.9 Å². The third-order valence-electron chi connectivity index (χ3n) is 5.62. The normalized spacial score (nSPS) is 18.9. The lowest BCUT2D eigenvalue weighted by Crippen LogP contribution is -2.35. The molecule has 1 aliphatic rings. The molecule has 2 N–H and O–H groups in total. The summed E-state index contributed by atoms with van der Waals surface area (Å²) >= 11 is 0. The van der Waals surface area contributed by atoms with Crippen LogP contribution in [-0.4, -0.2) is 59.8 Å². The Kier molecular flexibility index (Phi) is 5.28. The number of nitrogens with zero attached hydrogens (tertiary/aromatic N) is 7. The summed E-state index contributed by atoms with van der Waals surface area (Å²) in [5.41, 5.74) is 0.379. The molecule has 174 valence electrons. The number of hydrogen-bond donors (Lipinski definition) is 2. The van der Waals surface area contributed by atoms with E-state index in [-0.39, 0.29) is 18.2 Å². The third-order valence-corrected chi connectivity index (χ3v) is 5.62. The van der Waals surface area contributed by atoms with E-state index in [0.29, 0.717) is 47.0 Å². The van der Waals surface area contributed by atoms with Crippen LogP contribution >= 0.6 is 0 Å². The fraction of sp³-hybridized carbons (Fsp3) is 0.318. The van der Waals surface area contributed by atoms with Crippen LogP contribution in [0.4, 0.5) is 5.95 Å². The maximum absolute atomic E-state index is 12.4. The Morgan fingerprint density at radius 3 is 2.56 bits per heavy atom. The monoisotopic (exact) mass is 462 g/mol. The Labute approximate surface area is 194 Å². The first-order chi connectivity index (χ1) is 16.3. The van der Waals surface area contributed by atoms with E-state index in [1.165, 1.54) is 4.90 Å². The van der Waals surface area contributed by atoms with E-state index in [0.717, 1.165) is 0 Å². The van der Waals surface area contributed by atoms with E-state index in [1.54, 1.807) is 38.4 Å². The number of anilines is 1. The summed E-state index contributed by atoms with van der Waals surface area (Å²) in [5.74, 6) is 1.04. The van der Waals surface area contributed by atoms with Gasteiger partial charge < -0.3 is 24.4 Å². The predicted octanol–water partition coefficient (Wildman–Crippen LogP) is 2.11. The number of likely N-dealkylation sites (N-methyl/N-ethyl adjacent to an activating group) is 1. The topological polar surface area (TPSA) is 156 Å². The van der Waals surface area contributed by atoms with Gasteiger partial charge in [-0.15, -0.1) is 0 Å². The largest absolute Gasteiger partial charge is 0.373 e. The van der Waals surface area contributed by atoms with Crippen LogP contribution in [0.5, 0.6) is 0 Å². The summed E-state index contributed by atoms with van der Waals surface area (Å²) in [6.07, 6.45) is 1.86. The number of nitrogens with one attached hydrogen (secondary N) is 1. The second kappa shape index (κ2) is 8.30. The van der Waals surface area contributed by atoms with Gasteiger partial charge in [-0.1, -0.05) is 16.4 Å².